The molecule has 0 spiro atoms. The zero-order valence-electron chi connectivity index (χ0n) is 11.8. The van der Waals surface area contributed by atoms with Crippen molar-refractivity contribution in [3.63, 3.8) is 0 Å². The smallest absolute Gasteiger partial charge is 0.311 e. The van der Waals surface area contributed by atoms with Crippen molar-refractivity contribution in [1.29, 1.82) is 0 Å². The van der Waals surface area contributed by atoms with Crippen LogP contribution in [0.15, 0.2) is 0 Å². The molecule has 1 N–H and O–H groups in total. The SMILES string of the molecule is COC(=O)CCCCC1(C(=O)OC)CCC(O)CC1. The minimum Gasteiger partial charge on any atom is -0.469 e. The summed E-state index contributed by atoms with van der Waals surface area (Å²) in [6, 6.07) is 0. The molecular weight excluding hydrogens is 248 g/mol. The summed E-state index contributed by atoms with van der Waals surface area (Å²) < 4.78 is 9.50. The number of aliphatic hydroxyl groups excluding tert-OH is 1. The second kappa shape index (κ2) is 7.48. The second-order valence-corrected chi connectivity index (χ2v) is 5.29. The van der Waals surface area contributed by atoms with Crippen LogP contribution in [0.2, 0.25) is 0 Å². The third-order valence-electron chi connectivity index (χ3n) is 4.04. The normalized spacial score (nSPS) is 26.8. The first kappa shape index (κ1) is 16.0. The molecule has 19 heavy (non-hydrogen) atoms. The number of hydrogen-bond acceptors (Lipinski definition) is 5. The predicted octanol–water partition coefficient (Wildman–Crippen LogP) is 1.81. The molecule has 1 saturated carbocycles. The Balaban J connectivity index is 2.47. The van der Waals surface area contributed by atoms with E-state index < -0.39 is 5.41 Å². The summed E-state index contributed by atoms with van der Waals surface area (Å²) in [5.74, 6) is -0.399. The molecule has 0 aliphatic heterocycles. The van der Waals surface area contributed by atoms with Gasteiger partial charge in [-0.2, -0.15) is 0 Å². The highest BCUT2D eigenvalue weighted by atomic mass is 16.5. The van der Waals surface area contributed by atoms with Crippen molar-refractivity contribution in [2.45, 2.75) is 57.5 Å². The molecule has 0 amide bonds. The Morgan fingerprint density at radius 1 is 1.16 bits per heavy atom. The Labute approximate surface area is 114 Å². The minimum absolute atomic E-state index is 0.183. The summed E-state index contributed by atoms with van der Waals surface area (Å²) in [6.45, 7) is 0. The molecule has 5 nitrogen and oxygen atoms in total. The molecule has 1 aliphatic carbocycles. The Bertz CT molecular complexity index is 305. The lowest BCUT2D eigenvalue weighted by atomic mass is 9.70. The van der Waals surface area contributed by atoms with Crippen molar-refractivity contribution in [3.8, 4) is 0 Å². The largest absolute Gasteiger partial charge is 0.469 e. The summed E-state index contributed by atoms with van der Waals surface area (Å²) in [5, 5.41) is 9.56. The molecule has 110 valence electrons. The van der Waals surface area contributed by atoms with Crippen LogP contribution < -0.4 is 0 Å². The summed E-state index contributed by atoms with van der Waals surface area (Å²) in [4.78, 5) is 23.0. The van der Waals surface area contributed by atoms with Gasteiger partial charge in [-0.3, -0.25) is 9.59 Å². The van der Waals surface area contributed by atoms with Gasteiger partial charge in [0.1, 0.15) is 0 Å². The first-order valence-electron chi connectivity index (χ1n) is 6.87. The molecule has 1 aliphatic rings. The zero-order valence-corrected chi connectivity index (χ0v) is 11.8. The van der Waals surface area contributed by atoms with Gasteiger partial charge in [0.2, 0.25) is 0 Å². The van der Waals surface area contributed by atoms with Crippen molar-refractivity contribution in [1.82, 2.24) is 0 Å². The molecule has 0 aromatic rings. The van der Waals surface area contributed by atoms with Crippen molar-refractivity contribution < 1.29 is 24.2 Å². The molecule has 0 atom stereocenters. The number of unbranched alkanes of at least 4 members (excludes halogenated alkanes) is 1. The summed E-state index contributed by atoms with van der Waals surface area (Å²) in [6.07, 6.45) is 4.93. The van der Waals surface area contributed by atoms with Crippen molar-refractivity contribution in [2.75, 3.05) is 14.2 Å². The standard InChI is InChI=1S/C14H24O5/c1-18-12(16)5-3-4-8-14(13(17)19-2)9-6-11(15)7-10-14/h11,15H,3-10H2,1-2H3. The van der Waals surface area contributed by atoms with Gasteiger partial charge in [0.05, 0.1) is 25.7 Å². The lowest BCUT2D eigenvalue weighted by Crippen LogP contribution is -2.37. The van der Waals surface area contributed by atoms with Gasteiger partial charge in [-0.25, -0.2) is 0 Å². The topological polar surface area (TPSA) is 72.8 Å². The van der Waals surface area contributed by atoms with E-state index in [4.69, 9.17) is 4.74 Å². The van der Waals surface area contributed by atoms with E-state index in [1.54, 1.807) is 0 Å². The minimum atomic E-state index is -0.468. The molecule has 0 bridgehead atoms. The van der Waals surface area contributed by atoms with E-state index in [2.05, 4.69) is 4.74 Å². The van der Waals surface area contributed by atoms with E-state index in [-0.39, 0.29) is 18.0 Å². The van der Waals surface area contributed by atoms with Crippen molar-refractivity contribution in [3.05, 3.63) is 0 Å². The lowest BCUT2D eigenvalue weighted by Gasteiger charge is -2.36. The quantitative estimate of drug-likeness (QED) is 0.589. The van der Waals surface area contributed by atoms with Crippen LogP contribution in [0.5, 0.6) is 0 Å². The van der Waals surface area contributed by atoms with Crippen LogP contribution in [0.25, 0.3) is 0 Å². The van der Waals surface area contributed by atoms with Crippen LogP contribution in [0, 0.1) is 5.41 Å². The first-order valence-corrected chi connectivity index (χ1v) is 6.87. The predicted molar refractivity (Wildman–Crippen MR) is 69.4 cm³/mol. The molecule has 0 radical (unpaired) electrons. The number of methoxy groups -OCH3 is 2. The molecule has 0 saturated heterocycles. The fourth-order valence-electron chi connectivity index (χ4n) is 2.76. The number of carbonyl (C=O) groups excluding carboxylic acids is 2. The van der Waals surface area contributed by atoms with Gasteiger partial charge in [0.15, 0.2) is 0 Å². The van der Waals surface area contributed by atoms with E-state index in [0.29, 0.717) is 44.9 Å². The molecule has 1 rings (SSSR count). The number of carbonyl (C=O) groups is 2. The van der Waals surface area contributed by atoms with Crippen LogP contribution >= 0.6 is 0 Å². The number of esters is 2. The lowest BCUT2D eigenvalue weighted by molar-refractivity contribution is -0.157. The van der Waals surface area contributed by atoms with Crippen LogP contribution in [-0.4, -0.2) is 37.4 Å². The molecule has 1 fully saturated rings. The summed E-state index contributed by atoms with van der Waals surface area (Å²) >= 11 is 0. The van der Waals surface area contributed by atoms with E-state index in [0.717, 1.165) is 6.42 Å². The highest BCUT2D eigenvalue weighted by Gasteiger charge is 2.41. The van der Waals surface area contributed by atoms with E-state index in [1.165, 1.54) is 14.2 Å². The van der Waals surface area contributed by atoms with Gasteiger partial charge in [-0.05, 0) is 38.5 Å². The van der Waals surface area contributed by atoms with Crippen molar-refractivity contribution >= 4 is 11.9 Å². The Morgan fingerprint density at radius 3 is 2.32 bits per heavy atom. The monoisotopic (exact) mass is 272 g/mol. The fourth-order valence-corrected chi connectivity index (χ4v) is 2.76. The fraction of sp³-hybridized carbons (Fsp3) is 0.857. The first-order chi connectivity index (χ1) is 9.04. The van der Waals surface area contributed by atoms with Gasteiger partial charge in [0.25, 0.3) is 0 Å². The number of ether oxygens (including phenoxy) is 2. The molecule has 0 aromatic heterocycles. The summed E-state index contributed by atoms with van der Waals surface area (Å²) in [5.41, 5.74) is -0.468. The van der Waals surface area contributed by atoms with Gasteiger partial charge >= 0.3 is 11.9 Å². The van der Waals surface area contributed by atoms with Crippen LogP contribution in [0.4, 0.5) is 0 Å². The van der Waals surface area contributed by atoms with Crippen molar-refractivity contribution in [2.24, 2.45) is 5.41 Å². The van der Waals surface area contributed by atoms with Crippen LogP contribution in [0.1, 0.15) is 51.4 Å². The molecule has 0 heterocycles. The Hall–Kier alpha value is -1.10. The zero-order chi connectivity index (χ0) is 14.3. The van der Waals surface area contributed by atoms with E-state index in [1.807, 2.05) is 0 Å². The van der Waals surface area contributed by atoms with E-state index >= 15 is 0 Å². The van der Waals surface area contributed by atoms with Gasteiger partial charge in [-0.15, -0.1) is 0 Å². The van der Waals surface area contributed by atoms with Crippen LogP contribution in [-0.2, 0) is 19.1 Å². The molecule has 5 heteroatoms. The van der Waals surface area contributed by atoms with Gasteiger partial charge in [-0.1, -0.05) is 6.42 Å². The number of hydrogen-bond donors (Lipinski definition) is 1. The highest BCUT2D eigenvalue weighted by Crippen LogP contribution is 2.41. The average molecular weight is 272 g/mol. The molecular formula is C14H24O5. The maximum absolute atomic E-state index is 12.0. The third-order valence-corrected chi connectivity index (χ3v) is 4.04. The average Bonchev–Trinajstić information content (AvgIpc) is 2.44. The third kappa shape index (κ3) is 4.49. The van der Waals surface area contributed by atoms with Gasteiger partial charge < -0.3 is 14.6 Å². The van der Waals surface area contributed by atoms with Crippen LogP contribution in [0.3, 0.4) is 0 Å². The maximum Gasteiger partial charge on any atom is 0.311 e. The molecule has 0 aromatic carbocycles. The Kier molecular flexibility index (Phi) is 6.28. The summed E-state index contributed by atoms with van der Waals surface area (Å²) in [7, 11) is 2.78. The second-order valence-electron chi connectivity index (χ2n) is 5.29. The number of rotatable bonds is 6. The Morgan fingerprint density at radius 2 is 1.79 bits per heavy atom. The number of aliphatic hydroxyl groups is 1. The maximum atomic E-state index is 12.0. The van der Waals surface area contributed by atoms with Gasteiger partial charge in [0, 0.05) is 6.42 Å². The van der Waals surface area contributed by atoms with E-state index in [9.17, 15) is 14.7 Å². The molecule has 0 unspecified atom stereocenters. The highest BCUT2D eigenvalue weighted by molar-refractivity contribution is 5.76.